The van der Waals surface area contributed by atoms with Gasteiger partial charge in [-0.3, -0.25) is 0 Å². The zero-order valence-electron chi connectivity index (χ0n) is 12.2. The van der Waals surface area contributed by atoms with Gasteiger partial charge in [0.25, 0.3) is 0 Å². The van der Waals surface area contributed by atoms with E-state index in [1.165, 1.54) is 11.1 Å². The number of hydrogen-bond acceptors (Lipinski definition) is 1. The van der Waals surface area contributed by atoms with E-state index in [1.54, 1.807) is 0 Å². The van der Waals surface area contributed by atoms with Gasteiger partial charge in [-0.1, -0.05) is 39.9 Å². The summed E-state index contributed by atoms with van der Waals surface area (Å²) in [4.78, 5) is 0. The van der Waals surface area contributed by atoms with Gasteiger partial charge >= 0.3 is 0 Å². The Balaban J connectivity index is -0.000000853. The fourth-order valence-electron chi connectivity index (χ4n) is 1.49. The second-order valence-corrected chi connectivity index (χ2v) is 12.3. The Labute approximate surface area is 148 Å². The molecule has 1 nitrogen and oxygen atoms in total. The molecule has 6 heteroatoms. The third-order valence-electron chi connectivity index (χ3n) is 2.49. The van der Waals surface area contributed by atoms with E-state index in [-0.39, 0.29) is 60.3 Å². The summed E-state index contributed by atoms with van der Waals surface area (Å²) >= 11 is 0. The van der Waals surface area contributed by atoms with E-state index in [9.17, 15) is 5.11 Å². The minimum Gasteiger partial charge on any atom is -0.508 e. The molecular weight excluding hydrogens is 347 g/mol. The minimum absolute atomic E-state index is 0. The summed E-state index contributed by atoms with van der Waals surface area (Å²) in [6.07, 6.45) is 0. The Hall–Kier alpha value is 0.748. The minimum atomic E-state index is -0.146. The van der Waals surface area contributed by atoms with E-state index < -0.39 is 0 Å². The number of benzene rings is 1. The first-order valence-electron chi connectivity index (χ1n) is 5.66. The zero-order valence-corrected chi connectivity index (χ0v) is 17.4. The van der Waals surface area contributed by atoms with Crippen molar-refractivity contribution >= 4 is 42.2 Å². The first-order chi connectivity index (χ1) is 7.29. The topological polar surface area (TPSA) is 20.2 Å². The largest absolute Gasteiger partial charge is 0.508 e. The van der Waals surface area contributed by atoms with Crippen LogP contribution in [0.3, 0.4) is 0 Å². The fourth-order valence-corrected chi connectivity index (χ4v) is 3.92. The molecule has 0 aliphatic carbocycles. The van der Waals surface area contributed by atoms with Crippen molar-refractivity contribution < 1.29 is 26.8 Å². The number of aromatic hydroxyl groups is 1. The second-order valence-electron chi connectivity index (χ2n) is 5.49. The van der Waals surface area contributed by atoms with E-state index in [2.05, 4.69) is 39.9 Å². The van der Waals surface area contributed by atoms with Gasteiger partial charge in [-0.2, -0.15) is 0 Å². The Bertz CT molecular complexity index is 368. The standard InChI is InChI=1S/C13H21OSi2.2ClH.Ti/c1-13(2,3)11-6-10(7-12(14)8-11)9-15-16(4)5;;;/h6-8,14H,9H2,1-5H3;2*1H;. The normalized spacial score (nSPS) is 10.2. The molecule has 1 N–H and O–H groups in total. The molecule has 0 bridgehead atoms. The van der Waals surface area contributed by atoms with Crippen LogP contribution in [0.25, 0.3) is 0 Å². The number of rotatable bonds is 3. The fraction of sp³-hybridized carbons (Fsp3) is 0.538. The van der Waals surface area contributed by atoms with Crippen LogP contribution in [0.2, 0.25) is 13.1 Å². The summed E-state index contributed by atoms with van der Waals surface area (Å²) in [7, 11) is 0.887. The van der Waals surface area contributed by atoms with E-state index >= 15 is 0 Å². The summed E-state index contributed by atoms with van der Waals surface area (Å²) in [6, 6.07) is 7.17. The van der Waals surface area contributed by atoms with Gasteiger partial charge in [-0.25, -0.2) is 0 Å². The van der Waals surface area contributed by atoms with Gasteiger partial charge in [-0.05, 0) is 34.7 Å². The Morgan fingerprint density at radius 1 is 1.11 bits per heavy atom. The molecule has 1 aromatic carbocycles. The number of phenolic OH excluding ortho intramolecular Hbond substituents is 1. The van der Waals surface area contributed by atoms with Crippen LogP contribution in [0.15, 0.2) is 18.2 Å². The van der Waals surface area contributed by atoms with Gasteiger partial charge in [0, 0.05) is 39.1 Å². The van der Waals surface area contributed by atoms with Crippen molar-refractivity contribution in [1.29, 1.82) is 0 Å². The molecular formula is C13H23Cl2OSi2Ti. The van der Waals surface area contributed by atoms with Crippen LogP contribution in [0, 0.1) is 0 Å². The van der Waals surface area contributed by atoms with Crippen molar-refractivity contribution in [2.45, 2.75) is 45.3 Å². The van der Waals surface area contributed by atoms with Crippen LogP contribution in [0.5, 0.6) is 5.75 Å². The molecule has 0 fully saturated rings. The number of halogens is 2. The zero-order chi connectivity index (χ0) is 12.3. The van der Waals surface area contributed by atoms with Gasteiger partial charge in [-0.15, -0.1) is 24.8 Å². The smallest absolute Gasteiger partial charge is 0.116 e. The average molecular weight is 370 g/mol. The quantitative estimate of drug-likeness (QED) is 0.798. The predicted octanol–water partition coefficient (Wildman–Crippen LogP) is 3.99. The molecule has 1 aromatic rings. The molecule has 3 radical (unpaired) electrons. The van der Waals surface area contributed by atoms with E-state index in [0.29, 0.717) is 5.75 Å². The van der Waals surface area contributed by atoms with Crippen LogP contribution in [0.1, 0.15) is 31.9 Å². The summed E-state index contributed by atoms with van der Waals surface area (Å²) in [5, 5.41) is 9.73. The van der Waals surface area contributed by atoms with Crippen LogP contribution >= 0.6 is 24.8 Å². The predicted molar refractivity (Wildman–Crippen MR) is 88.2 cm³/mol. The van der Waals surface area contributed by atoms with Crippen molar-refractivity contribution in [2.75, 3.05) is 0 Å². The van der Waals surface area contributed by atoms with Gasteiger partial charge in [0.2, 0.25) is 0 Å². The van der Waals surface area contributed by atoms with E-state index in [0.717, 1.165) is 15.1 Å². The molecule has 107 valence electrons. The number of hydrogen-bond donors (Lipinski definition) is 1. The second kappa shape index (κ2) is 10.5. The molecule has 0 aliphatic rings. The molecule has 0 saturated carbocycles. The van der Waals surface area contributed by atoms with Gasteiger partial charge < -0.3 is 5.11 Å². The van der Waals surface area contributed by atoms with Crippen LogP contribution < -0.4 is 0 Å². The van der Waals surface area contributed by atoms with Crippen molar-refractivity contribution in [1.82, 2.24) is 0 Å². The van der Waals surface area contributed by atoms with E-state index in [4.69, 9.17) is 0 Å². The van der Waals surface area contributed by atoms with Crippen molar-refractivity contribution in [3.63, 3.8) is 0 Å². The summed E-state index contributed by atoms with van der Waals surface area (Å²) in [6.45, 7) is 11.2. The third-order valence-corrected chi connectivity index (χ3v) is 6.43. The molecule has 0 spiro atoms. The molecule has 0 aromatic heterocycles. The molecule has 19 heavy (non-hydrogen) atoms. The monoisotopic (exact) mass is 369 g/mol. The SMILES string of the molecule is C[Si](C)[Si]Cc1cc(O)cc(C(C)(C)C)c1.Cl.Cl.[Ti]. The maximum Gasteiger partial charge on any atom is 0.116 e. The van der Waals surface area contributed by atoms with E-state index in [1.807, 2.05) is 12.1 Å². The molecule has 1 rings (SSSR count). The van der Waals surface area contributed by atoms with Crippen molar-refractivity contribution in [3.05, 3.63) is 29.3 Å². The van der Waals surface area contributed by atoms with Crippen LogP contribution in [-0.4, -0.2) is 22.5 Å². The Morgan fingerprint density at radius 3 is 2.05 bits per heavy atom. The number of phenols is 1. The summed E-state index contributed by atoms with van der Waals surface area (Å²) < 4.78 is 0. The molecule has 0 saturated heterocycles. The van der Waals surface area contributed by atoms with Crippen molar-refractivity contribution in [2.24, 2.45) is 0 Å². The van der Waals surface area contributed by atoms with Crippen LogP contribution in [0.4, 0.5) is 0 Å². The molecule has 0 unspecified atom stereocenters. The van der Waals surface area contributed by atoms with Crippen molar-refractivity contribution in [3.8, 4) is 5.75 Å². The summed E-state index contributed by atoms with van der Waals surface area (Å²) in [5.74, 6) is 0.410. The first kappa shape index (κ1) is 24.7. The summed E-state index contributed by atoms with van der Waals surface area (Å²) in [5.41, 5.74) is 2.63. The Kier molecular flexibility index (Phi) is 13.6. The third kappa shape index (κ3) is 9.32. The maximum atomic E-state index is 9.73. The molecule has 0 aliphatic heterocycles. The first-order valence-corrected chi connectivity index (χ1v) is 10.4. The van der Waals surface area contributed by atoms with Gasteiger partial charge in [0.05, 0.1) is 0 Å². The Morgan fingerprint density at radius 2 is 1.63 bits per heavy atom. The van der Waals surface area contributed by atoms with Crippen LogP contribution in [-0.2, 0) is 33.2 Å². The molecule has 0 atom stereocenters. The average Bonchev–Trinajstić information content (AvgIpc) is 2.12. The van der Waals surface area contributed by atoms with Gasteiger partial charge in [0.15, 0.2) is 0 Å². The maximum absolute atomic E-state index is 9.73. The molecule has 0 heterocycles. The van der Waals surface area contributed by atoms with Gasteiger partial charge in [0.1, 0.15) is 5.75 Å². The molecule has 0 amide bonds.